The molecule has 2 aromatic rings. The number of piperazine rings is 1. The van der Waals surface area contributed by atoms with Gasteiger partial charge in [0.2, 0.25) is 10.0 Å². The van der Waals surface area contributed by atoms with E-state index >= 15 is 0 Å². The number of sulfonamides is 1. The molecule has 2 fully saturated rings. The first-order chi connectivity index (χ1) is 15.8. The van der Waals surface area contributed by atoms with Gasteiger partial charge in [0, 0.05) is 44.8 Å². The summed E-state index contributed by atoms with van der Waals surface area (Å²) in [6.45, 7) is 11.7. The third-order valence-electron chi connectivity index (χ3n) is 6.87. The van der Waals surface area contributed by atoms with Crippen molar-refractivity contribution < 1.29 is 13.2 Å². The fourth-order valence-electron chi connectivity index (χ4n) is 4.82. The van der Waals surface area contributed by atoms with Gasteiger partial charge in [0.1, 0.15) is 4.90 Å². The summed E-state index contributed by atoms with van der Waals surface area (Å²) >= 11 is 0. The number of amides is 1. The van der Waals surface area contributed by atoms with Gasteiger partial charge in [-0.05, 0) is 50.9 Å². The standard InChI is InChI=1S/C24H35N5O3S/c1-4-26-14-16-27(17-15-26)24(30)22-10-8-21(9-11-22)18-29-20(3)23(19(2)25-29)33(31,32)28-12-6-5-7-13-28/h8-11H,4-7,12-18H2,1-3H3. The molecule has 0 saturated carbocycles. The molecule has 9 heteroatoms. The number of rotatable bonds is 6. The number of hydrogen-bond acceptors (Lipinski definition) is 5. The summed E-state index contributed by atoms with van der Waals surface area (Å²) in [5.74, 6) is 0.0679. The zero-order valence-corrected chi connectivity index (χ0v) is 20.8. The van der Waals surface area contributed by atoms with Gasteiger partial charge in [-0.25, -0.2) is 8.42 Å². The third-order valence-corrected chi connectivity index (χ3v) is 9.02. The van der Waals surface area contributed by atoms with Crippen LogP contribution in [0.1, 0.15) is 53.5 Å². The number of carbonyl (C=O) groups is 1. The van der Waals surface area contributed by atoms with E-state index in [9.17, 15) is 13.2 Å². The van der Waals surface area contributed by atoms with Crippen LogP contribution in [0.15, 0.2) is 29.2 Å². The Morgan fingerprint density at radius 1 is 0.939 bits per heavy atom. The first-order valence-electron chi connectivity index (χ1n) is 12.0. The van der Waals surface area contributed by atoms with Crippen LogP contribution in [0.4, 0.5) is 0 Å². The minimum absolute atomic E-state index is 0.0679. The molecule has 2 aliphatic rings. The normalized spacial score (nSPS) is 18.6. The number of nitrogens with zero attached hydrogens (tertiary/aromatic N) is 5. The zero-order chi connectivity index (χ0) is 23.6. The van der Waals surface area contributed by atoms with Crippen molar-refractivity contribution in [3.63, 3.8) is 0 Å². The number of aryl methyl sites for hydroxylation is 1. The lowest BCUT2D eigenvalue weighted by Gasteiger charge is -2.34. The molecule has 4 rings (SSSR count). The van der Waals surface area contributed by atoms with E-state index in [1.165, 1.54) is 0 Å². The zero-order valence-electron chi connectivity index (χ0n) is 20.0. The van der Waals surface area contributed by atoms with Gasteiger partial charge in [0.05, 0.1) is 17.9 Å². The Kier molecular flexibility index (Phi) is 7.21. The number of hydrogen-bond donors (Lipinski definition) is 0. The molecule has 3 heterocycles. The predicted molar refractivity (Wildman–Crippen MR) is 128 cm³/mol. The van der Waals surface area contributed by atoms with Crippen molar-refractivity contribution in [2.24, 2.45) is 0 Å². The van der Waals surface area contributed by atoms with E-state index in [0.717, 1.165) is 57.5 Å². The Morgan fingerprint density at radius 3 is 2.18 bits per heavy atom. The SMILES string of the molecule is CCN1CCN(C(=O)c2ccc(Cn3nc(C)c(S(=O)(=O)N4CCCCC4)c3C)cc2)CC1. The van der Waals surface area contributed by atoms with Crippen LogP contribution in [0, 0.1) is 13.8 Å². The fourth-order valence-corrected chi connectivity index (χ4v) is 6.71. The summed E-state index contributed by atoms with van der Waals surface area (Å²) in [4.78, 5) is 17.4. The molecule has 0 bridgehead atoms. The monoisotopic (exact) mass is 473 g/mol. The van der Waals surface area contributed by atoms with Gasteiger partial charge >= 0.3 is 0 Å². The molecular formula is C24H35N5O3S. The summed E-state index contributed by atoms with van der Waals surface area (Å²) in [6.07, 6.45) is 2.90. The van der Waals surface area contributed by atoms with Crippen molar-refractivity contribution in [1.82, 2.24) is 23.9 Å². The Balaban J connectivity index is 1.46. The van der Waals surface area contributed by atoms with Crippen LogP contribution in [0.25, 0.3) is 0 Å². The lowest BCUT2D eigenvalue weighted by molar-refractivity contribution is 0.0643. The van der Waals surface area contributed by atoms with Crippen LogP contribution >= 0.6 is 0 Å². The smallest absolute Gasteiger partial charge is 0.253 e. The molecule has 0 unspecified atom stereocenters. The maximum atomic E-state index is 13.2. The van der Waals surface area contributed by atoms with Crippen LogP contribution < -0.4 is 0 Å². The van der Waals surface area contributed by atoms with E-state index < -0.39 is 10.0 Å². The van der Waals surface area contributed by atoms with Crippen LogP contribution in [-0.2, 0) is 16.6 Å². The maximum Gasteiger partial charge on any atom is 0.253 e. The predicted octanol–water partition coefficient (Wildman–Crippen LogP) is 2.50. The highest BCUT2D eigenvalue weighted by Crippen LogP contribution is 2.26. The van der Waals surface area contributed by atoms with Crippen LogP contribution in [0.2, 0.25) is 0 Å². The largest absolute Gasteiger partial charge is 0.336 e. The molecule has 8 nitrogen and oxygen atoms in total. The highest BCUT2D eigenvalue weighted by Gasteiger charge is 2.31. The second-order valence-corrected chi connectivity index (χ2v) is 10.9. The minimum atomic E-state index is -3.53. The summed E-state index contributed by atoms with van der Waals surface area (Å²) in [7, 11) is -3.53. The maximum absolute atomic E-state index is 13.2. The van der Waals surface area contributed by atoms with Crippen molar-refractivity contribution in [2.45, 2.75) is 51.5 Å². The van der Waals surface area contributed by atoms with Gasteiger partial charge in [-0.1, -0.05) is 25.5 Å². The molecule has 2 saturated heterocycles. The third kappa shape index (κ3) is 5.00. The van der Waals surface area contributed by atoms with Gasteiger partial charge in [0.25, 0.3) is 5.91 Å². The van der Waals surface area contributed by atoms with E-state index in [4.69, 9.17) is 0 Å². The van der Waals surface area contributed by atoms with E-state index in [0.29, 0.717) is 41.5 Å². The molecule has 1 aromatic carbocycles. The summed E-state index contributed by atoms with van der Waals surface area (Å²) in [5.41, 5.74) is 2.86. The van der Waals surface area contributed by atoms with E-state index in [1.807, 2.05) is 36.1 Å². The molecule has 1 amide bonds. The molecule has 1 aromatic heterocycles. The van der Waals surface area contributed by atoms with Gasteiger partial charge in [0.15, 0.2) is 0 Å². The molecule has 0 atom stereocenters. The lowest BCUT2D eigenvalue weighted by atomic mass is 10.1. The van der Waals surface area contributed by atoms with Crippen molar-refractivity contribution >= 4 is 15.9 Å². The molecule has 0 radical (unpaired) electrons. The number of likely N-dealkylation sites (N-methyl/N-ethyl adjacent to an activating group) is 1. The van der Waals surface area contributed by atoms with Crippen molar-refractivity contribution in [1.29, 1.82) is 0 Å². The van der Waals surface area contributed by atoms with Gasteiger partial charge < -0.3 is 9.80 Å². The molecule has 0 aliphatic carbocycles. The second-order valence-electron chi connectivity index (χ2n) is 9.05. The Morgan fingerprint density at radius 2 is 1.58 bits per heavy atom. The van der Waals surface area contributed by atoms with Crippen molar-refractivity contribution in [2.75, 3.05) is 45.8 Å². The highest BCUT2D eigenvalue weighted by molar-refractivity contribution is 7.89. The van der Waals surface area contributed by atoms with Crippen molar-refractivity contribution in [3.05, 3.63) is 46.8 Å². The Bertz CT molecular complexity index is 1080. The van der Waals surface area contributed by atoms with Crippen LogP contribution in [0.5, 0.6) is 0 Å². The molecule has 2 aliphatic heterocycles. The molecular weight excluding hydrogens is 438 g/mol. The summed E-state index contributed by atoms with van der Waals surface area (Å²) in [6, 6.07) is 7.59. The quantitative estimate of drug-likeness (QED) is 0.644. The van der Waals surface area contributed by atoms with Gasteiger partial charge in [-0.15, -0.1) is 0 Å². The molecule has 33 heavy (non-hydrogen) atoms. The van der Waals surface area contributed by atoms with E-state index in [-0.39, 0.29) is 5.91 Å². The van der Waals surface area contributed by atoms with E-state index in [2.05, 4.69) is 16.9 Å². The first kappa shape index (κ1) is 23.9. The number of carbonyl (C=O) groups excluding carboxylic acids is 1. The Hall–Kier alpha value is -2.23. The minimum Gasteiger partial charge on any atom is -0.336 e. The number of benzene rings is 1. The first-order valence-corrected chi connectivity index (χ1v) is 13.4. The molecule has 0 N–H and O–H groups in total. The lowest BCUT2D eigenvalue weighted by Crippen LogP contribution is -2.48. The highest BCUT2D eigenvalue weighted by atomic mass is 32.2. The van der Waals surface area contributed by atoms with Crippen LogP contribution in [-0.4, -0.2) is 84.0 Å². The molecule has 180 valence electrons. The molecule has 0 spiro atoms. The number of piperidine rings is 1. The topological polar surface area (TPSA) is 78.8 Å². The van der Waals surface area contributed by atoms with Gasteiger partial charge in [-0.3, -0.25) is 9.48 Å². The average Bonchev–Trinajstić information content (AvgIpc) is 3.12. The van der Waals surface area contributed by atoms with E-state index in [1.54, 1.807) is 15.9 Å². The van der Waals surface area contributed by atoms with Crippen LogP contribution in [0.3, 0.4) is 0 Å². The summed E-state index contributed by atoms with van der Waals surface area (Å²) < 4.78 is 29.8. The average molecular weight is 474 g/mol. The Labute approximate surface area is 197 Å². The van der Waals surface area contributed by atoms with Crippen molar-refractivity contribution in [3.8, 4) is 0 Å². The fraction of sp³-hybridized carbons (Fsp3) is 0.583. The summed E-state index contributed by atoms with van der Waals surface area (Å²) in [5, 5.41) is 4.54. The number of aromatic nitrogens is 2. The second kappa shape index (κ2) is 9.95. The van der Waals surface area contributed by atoms with Gasteiger partial charge in [-0.2, -0.15) is 9.40 Å².